The van der Waals surface area contributed by atoms with E-state index in [1.165, 1.54) is 19.2 Å². The second-order valence-corrected chi connectivity index (χ2v) is 8.03. The maximum Gasteiger partial charge on any atom is 0.416 e. The van der Waals surface area contributed by atoms with Gasteiger partial charge >= 0.3 is 12.4 Å². The SMILES string of the molecule is COc1ccc(C(F)(F)F)cc1C12CCC(O1)C(c1cccc(C(F)(F)F)c1)C2C(N)=O. The summed E-state index contributed by atoms with van der Waals surface area (Å²) in [5, 5.41) is 0. The van der Waals surface area contributed by atoms with Crippen molar-refractivity contribution in [3.05, 3.63) is 64.7 Å². The molecule has 0 saturated carbocycles. The van der Waals surface area contributed by atoms with Crippen LogP contribution in [0.3, 0.4) is 0 Å². The van der Waals surface area contributed by atoms with Crippen molar-refractivity contribution in [1.82, 2.24) is 0 Å². The number of alkyl halides is 6. The quantitative estimate of drug-likeness (QED) is 0.655. The summed E-state index contributed by atoms with van der Waals surface area (Å²) in [7, 11) is 1.27. The predicted octanol–water partition coefficient (Wildman–Crippen LogP) is 5.01. The van der Waals surface area contributed by atoms with Gasteiger partial charge in [-0.25, -0.2) is 0 Å². The maximum absolute atomic E-state index is 13.4. The van der Waals surface area contributed by atoms with Crippen molar-refractivity contribution >= 4 is 5.91 Å². The van der Waals surface area contributed by atoms with Crippen LogP contribution >= 0.6 is 0 Å². The van der Waals surface area contributed by atoms with Crippen molar-refractivity contribution in [2.75, 3.05) is 7.11 Å². The third-order valence-electron chi connectivity index (χ3n) is 6.31. The van der Waals surface area contributed by atoms with Crippen LogP contribution in [0.5, 0.6) is 5.75 Å². The molecule has 0 spiro atoms. The first-order valence-electron chi connectivity index (χ1n) is 9.78. The monoisotopic (exact) mass is 459 g/mol. The van der Waals surface area contributed by atoms with Crippen LogP contribution in [0.15, 0.2) is 42.5 Å². The van der Waals surface area contributed by atoms with Gasteiger partial charge < -0.3 is 15.2 Å². The third-order valence-corrected chi connectivity index (χ3v) is 6.31. The molecule has 2 fully saturated rings. The smallest absolute Gasteiger partial charge is 0.416 e. The molecule has 0 radical (unpaired) electrons. The Bertz CT molecular complexity index is 1050. The predicted molar refractivity (Wildman–Crippen MR) is 101 cm³/mol. The number of nitrogens with two attached hydrogens (primary N) is 1. The number of ether oxygens (including phenoxy) is 2. The van der Waals surface area contributed by atoms with Crippen molar-refractivity contribution in [2.24, 2.45) is 11.7 Å². The number of benzene rings is 2. The fourth-order valence-electron chi connectivity index (χ4n) is 5.05. The molecule has 32 heavy (non-hydrogen) atoms. The molecule has 2 aliphatic rings. The van der Waals surface area contributed by atoms with Gasteiger partial charge in [-0.3, -0.25) is 4.79 Å². The lowest BCUT2D eigenvalue weighted by atomic mass is 9.66. The van der Waals surface area contributed by atoms with Crippen LogP contribution < -0.4 is 10.5 Å². The summed E-state index contributed by atoms with van der Waals surface area (Å²) in [6.45, 7) is 0. The first kappa shape index (κ1) is 22.4. The minimum Gasteiger partial charge on any atom is -0.496 e. The number of carbonyl (C=O) groups excluding carboxylic acids is 1. The van der Waals surface area contributed by atoms with Crippen LogP contribution in [0, 0.1) is 5.92 Å². The minimum absolute atomic E-state index is 0.00982. The summed E-state index contributed by atoms with van der Waals surface area (Å²) in [6.07, 6.45) is -9.42. The van der Waals surface area contributed by atoms with E-state index in [2.05, 4.69) is 0 Å². The van der Waals surface area contributed by atoms with Gasteiger partial charge in [0.15, 0.2) is 0 Å². The van der Waals surface area contributed by atoms with E-state index in [4.69, 9.17) is 15.2 Å². The summed E-state index contributed by atoms with van der Waals surface area (Å²) in [5.41, 5.74) is 2.48. The van der Waals surface area contributed by atoms with Gasteiger partial charge in [0.25, 0.3) is 0 Å². The van der Waals surface area contributed by atoms with Crippen molar-refractivity contribution in [2.45, 2.75) is 42.8 Å². The van der Waals surface area contributed by atoms with Crippen LogP contribution in [-0.4, -0.2) is 19.1 Å². The second-order valence-electron chi connectivity index (χ2n) is 8.03. The summed E-state index contributed by atoms with van der Waals surface area (Å²) < 4.78 is 91.3. The Kier molecular flexibility index (Phi) is 5.19. The summed E-state index contributed by atoms with van der Waals surface area (Å²) in [5.74, 6) is -2.81. The molecular weight excluding hydrogens is 440 g/mol. The standard InChI is InChI=1S/C22H19F6NO3/c1-31-15-6-5-13(22(26,27)28)10-14(15)20-8-7-16(32-20)17(18(20)19(29)30)11-3-2-4-12(9-11)21(23,24)25/h2-6,9-10,16-18H,7-8H2,1H3,(H2,29,30). The van der Waals surface area contributed by atoms with Crippen LogP contribution in [-0.2, 0) is 27.5 Å². The molecule has 2 heterocycles. The number of hydrogen-bond acceptors (Lipinski definition) is 3. The highest BCUT2D eigenvalue weighted by Crippen LogP contribution is 2.62. The lowest BCUT2D eigenvalue weighted by Gasteiger charge is -2.36. The number of primary amides is 1. The molecule has 2 aromatic carbocycles. The van der Waals surface area contributed by atoms with Crippen molar-refractivity contribution < 1.29 is 40.6 Å². The molecule has 4 nitrogen and oxygen atoms in total. The molecule has 2 N–H and O–H groups in total. The van der Waals surface area contributed by atoms with Gasteiger partial charge in [-0.2, -0.15) is 26.3 Å². The number of carbonyl (C=O) groups is 1. The third kappa shape index (κ3) is 3.50. The molecule has 2 saturated heterocycles. The lowest BCUT2D eigenvalue weighted by Crippen LogP contribution is -2.43. The van der Waals surface area contributed by atoms with Crippen LogP contribution in [0.1, 0.15) is 41.0 Å². The van der Waals surface area contributed by atoms with Crippen LogP contribution in [0.4, 0.5) is 26.3 Å². The van der Waals surface area contributed by atoms with E-state index >= 15 is 0 Å². The van der Waals surface area contributed by atoms with Crippen LogP contribution in [0.2, 0.25) is 0 Å². The number of rotatable bonds is 4. The largest absolute Gasteiger partial charge is 0.496 e. The number of halogens is 6. The van der Waals surface area contributed by atoms with Gasteiger partial charge in [-0.05, 0) is 42.7 Å². The molecule has 2 bridgehead atoms. The average Bonchev–Trinajstić information content (AvgIpc) is 3.30. The summed E-state index contributed by atoms with van der Waals surface area (Å²) in [6, 6.07) is 7.36. The van der Waals surface area contributed by atoms with Gasteiger partial charge in [0.2, 0.25) is 5.91 Å². The molecule has 0 aliphatic carbocycles. The highest BCUT2D eigenvalue weighted by molar-refractivity contribution is 5.81. The minimum atomic E-state index is -4.66. The van der Waals surface area contributed by atoms with E-state index in [0.29, 0.717) is 6.42 Å². The van der Waals surface area contributed by atoms with E-state index in [-0.39, 0.29) is 23.3 Å². The zero-order chi connectivity index (χ0) is 23.5. The number of methoxy groups -OCH3 is 1. The van der Waals surface area contributed by atoms with Crippen molar-refractivity contribution in [3.8, 4) is 5.75 Å². The second kappa shape index (κ2) is 7.40. The number of hydrogen-bond donors (Lipinski definition) is 1. The average molecular weight is 459 g/mol. The molecule has 4 atom stereocenters. The number of fused-ring (bicyclic) bond motifs is 2. The van der Waals surface area contributed by atoms with Gasteiger partial charge in [0, 0.05) is 11.5 Å². The molecule has 4 rings (SSSR count). The first-order chi connectivity index (χ1) is 14.9. The summed E-state index contributed by atoms with van der Waals surface area (Å²) >= 11 is 0. The lowest BCUT2D eigenvalue weighted by molar-refractivity contribution is -0.138. The van der Waals surface area contributed by atoms with Crippen molar-refractivity contribution in [1.29, 1.82) is 0 Å². The fourth-order valence-corrected chi connectivity index (χ4v) is 5.05. The van der Waals surface area contributed by atoms with Gasteiger partial charge in [0.1, 0.15) is 11.4 Å². The van der Waals surface area contributed by atoms with Gasteiger partial charge in [-0.1, -0.05) is 18.2 Å². The van der Waals surface area contributed by atoms with E-state index < -0.39 is 52.9 Å². The zero-order valence-electron chi connectivity index (χ0n) is 16.8. The van der Waals surface area contributed by atoms with E-state index in [1.54, 1.807) is 0 Å². The Morgan fingerprint density at radius 2 is 1.72 bits per heavy atom. The maximum atomic E-state index is 13.4. The highest BCUT2D eigenvalue weighted by Gasteiger charge is 2.63. The van der Waals surface area contributed by atoms with Crippen LogP contribution in [0.25, 0.3) is 0 Å². The topological polar surface area (TPSA) is 61.6 Å². The Morgan fingerprint density at radius 1 is 1.06 bits per heavy atom. The van der Waals surface area contributed by atoms with E-state index in [1.807, 2.05) is 0 Å². The zero-order valence-corrected chi connectivity index (χ0v) is 16.8. The number of amides is 1. The van der Waals surface area contributed by atoms with E-state index in [9.17, 15) is 31.1 Å². The van der Waals surface area contributed by atoms with Gasteiger partial charge in [0.05, 0.1) is 30.3 Å². The first-order valence-corrected chi connectivity index (χ1v) is 9.78. The molecule has 172 valence electrons. The molecule has 2 aromatic rings. The molecule has 1 amide bonds. The normalized spacial score (nSPS) is 27.5. The Morgan fingerprint density at radius 3 is 2.31 bits per heavy atom. The summed E-state index contributed by atoms with van der Waals surface area (Å²) in [4.78, 5) is 12.6. The van der Waals surface area contributed by atoms with Gasteiger partial charge in [-0.15, -0.1) is 0 Å². The molecule has 0 aromatic heterocycles. The Hall–Kier alpha value is -2.75. The molecular formula is C22H19F6NO3. The fraction of sp³-hybridized carbons (Fsp3) is 0.409. The Labute approximate surface area is 179 Å². The molecule has 4 unspecified atom stereocenters. The Balaban J connectivity index is 1.86. The van der Waals surface area contributed by atoms with Crippen molar-refractivity contribution in [3.63, 3.8) is 0 Å². The molecule has 2 aliphatic heterocycles. The van der Waals surface area contributed by atoms with E-state index in [0.717, 1.165) is 30.3 Å². The highest BCUT2D eigenvalue weighted by atomic mass is 19.4. The molecule has 10 heteroatoms.